The van der Waals surface area contributed by atoms with Crippen molar-refractivity contribution in [1.82, 2.24) is 10.0 Å². The number of halogens is 1. The molecule has 0 aliphatic carbocycles. The predicted octanol–water partition coefficient (Wildman–Crippen LogP) is 1.80. The van der Waals surface area contributed by atoms with Crippen molar-refractivity contribution in [2.45, 2.75) is 30.8 Å². The highest BCUT2D eigenvalue weighted by Crippen LogP contribution is 2.20. The summed E-state index contributed by atoms with van der Waals surface area (Å²) < 4.78 is 33.6. The minimum Gasteiger partial charge on any atom is -0.377 e. The van der Waals surface area contributed by atoms with Crippen molar-refractivity contribution >= 4 is 26.0 Å². The number of ether oxygens (including phenoxy) is 1. The van der Waals surface area contributed by atoms with Gasteiger partial charge in [0.2, 0.25) is 10.0 Å². The molecular formula is C14H21BrN2O3S. The molecule has 0 aromatic heterocycles. The summed E-state index contributed by atoms with van der Waals surface area (Å²) in [5.41, 5.74) is 0.727. The van der Waals surface area contributed by atoms with Gasteiger partial charge in [-0.15, -0.1) is 0 Å². The van der Waals surface area contributed by atoms with E-state index in [0.717, 1.165) is 36.0 Å². The van der Waals surface area contributed by atoms with Crippen LogP contribution in [0.3, 0.4) is 0 Å². The Morgan fingerprint density at radius 1 is 1.38 bits per heavy atom. The molecule has 1 saturated heterocycles. The number of sulfonamides is 1. The molecule has 2 N–H and O–H groups in total. The second kappa shape index (κ2) is 7.69. The van der Waals surface area contributed by atoms with Gasteiger partial charge in [-0.05, 0) is 50.6 Å². The van der Waals surface area contributed by atoms with Gasteiger partial charge in [-0.25, -0.2) is 13.1 Å². The van der Waals surface area contributed by atoms with Gasteiger partial charge in [0.25, 0.3) is 0 Å². The zero-order valence-electron chi connectivity index (χ0n) is 12.1. The summed E-state index contributed by atoms with van der Waals surface area (Å²) in [6, 6.07) is 5.23. The molecule has 0 atom stereocenters. The fourth-order valence-corrected chi connectivity index (χ4v) is 4.10. The minimum atomic E-state index is -3.49. The van der Waals surface area contributed by atoms with Crippen LogP contribution in [-0.4, -0.2) is 40.8 Å². The lowest BCUT2D eigenvalue weighted by Crippen LogP contribution is -2.35. The van der Waals surface area contributed by atoms with E-state index in [9.17, 15) is 8.42 Å². The van der Waals surface area contributed by atoms with Gasteiger partial charge < -0.3 is 10.1 Å². The van der Waals surface area contributed by atoms with E-state index in [2.05, 4.69) is 26.0 Å². The van der Waals surface area contributed by atoms with Gasteiger partial charge in [0.05, 0.1) is 17.6 Å². The zero-order chi connectivity index (χ0) is 15.3. The maximum atomic E-state index is 12.3. The van der Waals surface area contributed by atoms with Gasteiger partial charge in [-0.2, -0.15) is 0 Å². The number of hydrogen-bond donors (Lipinski definition) is 2. The molecule has 5 nitrogen and oxygen atoms in total. The molecule has 1 aromatic rings. The normalized spacial score (nSPS) is 17.0. The van der Waals surface area contributed by atoms with Crippen molar-refractivity contribution in [2.24, 2.45) is 0 Å². The first kappa shape index (κ1) is 16.9. The van der Waals surface area contributed by atoms with Crippen LogP contribution in [0.1, 0.15) is 18.4 Å². The first-order valence-corrected chi connectivity index (χ1v) is 9.35. The van der Waals surface area contributed by atoms with Crippen LogP contribution in [0.15, 0.2) is 27.6 Å². The van der Waals surface area contributed by atoms with Crippen molar-refractivity contribution < 1.29 is 13.2 Å². The average Bonchev–Trinajstić information content (AvgIpc) is 2.47. The van der Waals surface area contributed by atoms with Crippen molar-refractivity contribution in [3.63, 3.8) is 0 Å². The number of aryl methyl sites for hydroxylation is 1. The van der Waals surface area contributed by atoms with Gasteiger partial charge in [-0.1, -0.05) is 22.0 Å². The van der Waals surface area contributed by atoms with Crippen LogP contribution in [0.2, 0.25) is 0 Å². The molecule has 0 bridgehead atoms. The summed E-state index contributed by atoms with van der Waals surface area (Å²) in [7, 11) is -3.49. The Balaban J connectivity index is 1.85. The Hall–Kier alpha value is -0.470. The molecule has 0 saturated carbocycles. The predicted molar refractivity (Wildman–Crippen MR) is 85.9 cm³/mol. The summed E-state index contributed by atoms with van der Waals surface area (Å²) in [6.45, 7) is 4.41. The Morgan fingerprint density at radius 3 is 2.81 bits per heavy atom. The fraction of sp³-hybridized carbons (Fsp3) is 0.571. The largest absolute Gasteiger partial charge is 0.377 e. The van der Waals surface area contributed by atoms with Crippen LogP contribution in [-0.2, 0) is 14.8 Å². The molecule has 2 rings (SSSR count). The standard InChI is InChI=1S/C14H21BrN2O3S/c1-11-2-3-12(15)10-14(11)21(18,19)17-8-9-20-13-4-6-16-7-5-13/h2-3,10,13,16-17H,4-9H2,1H3. The second-order valence-corrected chi connectivity index (χ2v) is 7.78. The van der Waals surface area contributed by atoms with Crippen LogP contribution in [0.4, 0.5) is 0 Å². The second-order valence-electron chi connectivity index (χ2n) is 5.13. The van der Waals surface area contributed by atoms with E-state index in [1.807, 2.05) is 6.07 Å². The van der Waals surface area contributed by atoms with Crippen molar-refractivity contribution in [3.8, 4) is 0 Å². The van der Waals surface area contributed by atoms with E-state index in [0.29, 0.717) is 11.5 Å². The Kier molecular flexibility index (Phi) is 6.19. The minimum absolute atomic E-state index is 0.239. The Labute approximate surface area is 134 Å². The lowest BCUT2D eigenvalue weighted by atomic mass is 10.1. The first-order chi connectivity index (χ1) is 9.99. The highest BCUT2D eigenvalue weighted by molar-refractivity contribution is 9.10. The molecule has 0 radical (unpaired) electrons. The highest BCUT2D eigenvalue weighted by atomic mass is 79.9. The number of nitrogens with one attached hydrogen (secondary N) is 2. The quantitative estimate of drug-likeness (QED) is 0.742. The number of benzene rings is 1. The van der Waals surface area contributed by atoms with Crippen LogP contribution in [0.25, 0.3) is 0 Å². The van der Waals surface area contributed by atoms with Crippen LogP contribution < -0.4 is 10.0 Å². The summed E-state index contributed by atoms with van der Waals surface area (Å²) in [5.74, 6) is 0. The highest BCUT2D eigenvalue weighted by Gasteiger charge is 2.17. The first-order valence-electron chi connectivity index (χ1n) is 7.07. The summed E-state index contributed by atoms with van der Waals surface area (Å²) in [5, 5.41) is 3.27. The van der Waals surface area contributed by atoms with E-state index in [1.54, 1.807) is 19.1 Å². The van der Waals surface area contributed by atoms with Crippen LogP contribution in [0.5, 0.6) is 0 Å². The smallest absolute Gasteiger partial charge is 0.240 e. The molecule has 1 aliphatic heterocycles. The third kappa shape index (κ3) is 5.03. The zero-order valence-corrected chi connectivity index (χ0v) is 14.5. The molecule has 1 aromatic carbocycles. The number of piperidine rings is 1. The average molecular weight is 377 g/mol. The molecule has 0 unspecified atom stereocenters. The van der Waals surface area contributed by atoms with Crippen molar-refractivity contribution in [3.05, 3.63) is 28.2 Å². The van der Waals surface area contributed by atoms with Crippen LogP contribution in [0, 0.1) is 6.92 Å². The lowest BCUT2D eigenvalue weighted by molar-refractivity contribution is 0.0367. The summed E-state index contributed by atoms with van der Waals surface area (Å²) >= 11 is 3.30. The fourth-order valence-electron chi connectivity index (χ4n) is 2.30. The molecule has 1 fully saturated rings. The van der Waals surface area contributed by atoms with Gasteiger partial charge >= 0.3 is 0 Å². The molecule has 0 spiro atoms. The number of rotatable bonds is 6. The molecule has 0 amide bonds. The van der Waals surface area contributed by atoms with Crippen molar-refractivity contribution in [1.29, 1.82) is 0 Å². The topological polar surface area (TPSA) is 67.4 Å². The van der Waals surface area contributed by atoms with Crippen molar-refractivity contribution in [2.75, 3.05) is 26.2 Å². The van der Waals surface area contributed by atoms with Gasteiger partial charge in [0.15, 0.2) is 0 Å². The summed E-state index contributed by atoms with van der Waals surface area (Å²) in [6.07, 6.45) is 2.21. The van der Waals surface area contributed by atoms with E-state index >= 15 is 0 Å². The van der Waals surface area contributed by atoms with Gasteiger partial charge in [0.1, 0.15) is 0 Å². The van der Waals surface area contributed by atoms with Gasteiger partial charge in [-0.3, -0.25) is 0 Å². The molecule has 1 heterocycles. The Morgan fingerprint density at radius 2 is 2.10 bits per heavy atom. The monoisotopic (exact) mass is 376 g/mol. The SMILES string of the molecule is Cc1ccc(Br)cc1S(=O)(=O)NCCOC1CCNCC1. The number of hydrogen-bond acceptors (Lipinski definition) is 4. The van der Waals surface area contributed by atoms with Gasteiger partial charge in [0, 0.05) is 11.0 Å². The lowest BCUT2D eigenvalue weighted by Gasteiger charge is -2.23. The third-order valence-corrected chi connectivity index (χ3v) is 5.57. The maximum absolute atomic E-state index is 12.3. The molecular weight excluding hydrogens is 356 g/mol. The molecule has 7 heteroatoms. The molecule has 118 valence electrons. The van der Waals surface area contributed by atoms with E-state index in [4.69, 9.17) is 4.74 Å². The van der Waals surface area contributed by atoms with E-state index in [-0.39, 0.29) is 12.6 Å². The van der Waals surface area contributed by atoms with E-state index < -0.39 is 10.0 Å². The van der Waals surface area contributed by atoms with E-state index in [1.165, 1.54) is 0 Å². The molecule has 21 heavy (non-hydrogen) atoms. The Bertz CT molecular complexity index is 572. The molecule has 1 aliphatic rings. The summed E-state index contributed by atoms with van der Waals surface area (Å²) in [4.78, 5) is 0.304. The maximum Gasteiger partial charge on any atom is 0.240 e. The van der Waals surface area contributed by atoms with Crippen LogP contribution >= 0.6 is 15.9 Å². The third-order valence-electron chi connectivity index (χ3n) is 3.47.